The summed E-state index contributed by atoms with van der Waals surface area (Å²) < 4.78 is 43.4. The third-order valence-corrected chi connectivity index (χ3v) is 4.51. The summed E-state index contributed by atoms with van der Waals surface area (Å²) in [6.45, 7) is 1.66. The molecule has 1 aromatic heterocycles. The van der Waals surface area contributed by atoms with E-state index in [0.29, 0.717) is 5.69 Å². The Morgan fingerprint density at radius 1 is 0.966 bits per heavy atom. The van der Waals surface area contributed by atoms with E-state index in [1.165, 1.54) is 28.9 Å². The standard InChI is InChI=1S/C20H14F3N3O3/c1-12-10-17(26-18(27)14-7-3-4-8-15(14)19(26)28)24-25(12)11-13-6-2-5-9-16(13)29-20(21,22)23/h2-10H,11H2,1H3. The predicted octanol–water partition coefficient (Wildman–Crippen LogP) is 3.94. The molecule has 6 nitrogen and oxygen atoms in total. The number of hydrogen-bond donors (Lipinski definition) is 0. The van der Waals surface area contributed by atoms with Gasteiger partial charge in [0.1, 0.15) is 5.75 Å². The van der Waals surface area contributed by atoms with Gasteiger partial charge >= 0.3 is 6.36 Å². The average molecular weight is 401 g/mol. The Kier molecular flexibility index (Phi) is 4.37. The van der Waals surface area contributed by atoms with Crippen LogP contribution in [0.2, 0.25) is 0 Å². The molecule has 148 valence electrons. The first-order valence-electron chi connectivity index (χ1n) is 8.60. The molecule has 0 saturated heterocycles. The molecule has 3 aromatic rings. The van der Waals surface area contributed by atoms with Crippen LogP contribution in [0, 0.1) is 6.92 Å². The molecule has 29 heavy (non-hydrogen) atoms. The summed E-state index contributed by atoms with van der Waals surface area (Å²) in [5, 5.41) is 4.27. The van der Waals surface area contributed by atoms with Gasteiger partial charge in [0, 0.05) is 17.3 Å². The quantitative estimate of drug-likeness (QED) is 0.622. The van der Waals surface area contributed by atoms with E-state index in [9.17, 15) is 22.8 Å². The molecular weight excluding hydrogens is 387 g/mol. The van der Waals surface area contributed by atoms with Gasteiger partial charge in [0.05, 0.1) is 17.7 Å². The van der Waals surface area contributed by atoms with Crippen molar-refractivity contribution in [1.29, 1.82) is 0 Å². The lowest BCUT2D eigenvalue weighted by molar-refractivity contribution is -0.274. The molecule has 0 spiro atoms. The Balaban J connectivity index is 1.64. The van der Waals surface area contributed by atoms with Gasteiger partial charge in [-0.15, -0.1) is 13.2 Å². The molecule has 0 N–H and O–H groups in total. The summed E-state index contributed by atoms with van der Waals surface area (Å²) in [5.41, 5.74) is 1.39. The largest absolute Gasteiger partial charge is 0.573 e. The Bertz CT molecular complexity index is 1090. The van der Waals surface area contributed by atoms with Gasteiger partial charge < -0.3 is 4.74 Å². The van der Waals surface area contributed by atoms with Gasteiger partial charge in [-0.05, 0) is 25.1 Å². The maximum atomic E-state index is 12.6. The highest BCUT2D eigenvalue weighted by Gasteiger charge is 2.38. The van der Waals surface area contributed by atoms with Crippen LogP contribution in [0.4, 0.5) is 19.0 Å². The third kappa shape index (κ3) is 3.46. The van der Waals surface area contributed by atoms with Crippen molar-refractivity contribution in [3.8, 4) is 5.75 Å². The number of para-hydroxylation sites is 1. The number of carbonyl (C=O) groups excluding carboxylic acids is 2. The van der Waals surface area contributed by atoms with E-state index in [0.717, 1.165) is 4.90 Å². The SMILES string of the molecule is Cc1cc(N2C(=O)c3ccccc3C2=O)nn1Cc1ccccc1OC(F)(F)F. The highest BCUT2D eigenvalue weighted by Crippen LogP contribution is 2.30. The molecular formula is C20H14F3N3O3. The van der Waals surface area contributed by atoms with Gasteiger partial charge in [-0.3, -0.25) is 14.3 Å². The number of rotatable bonds is 4. The van der Waals surface area contributed by atoms with Crippen molar-refractivity contribution < 1.29 is 27.5 Å². The van der Waals surface area contributed by atoms with Gasteiger partial charge in [0.25, 0.3) is 11.8 Å². The zero-order valence-electron chi connectivity index (χ0n) is 15.1. The average Bonchev–Trinajstić information content (AvgIpc) is 3.13. The number of ether oxygens (including phenoxy) is 1. The minimum atomic E-state index is -4.82. The van der Waals surface area contributed by atoms with Gasteiger partial charge in [0.15, 0.2) is 5.82 Å². The Morgan fingerprint density at radius 3 is 2.17 bits per heavy atom. The number of fused-ring (bicyclic) bond motifs is 1. The number of anilines is 1. The number of aryl methyl sites for hydroxylation is 1. The van der Waals surface area contributed by atoms with Crippen molar-refractivity contribution in [2.24, 2.45) is 0 Å². The number of amides is 2. The van der Waals surface area contributed by atoms with Crippen molar-refractivity contribution in [1.82, 2.24) is 9.78 Å². The minimum absolute atomic E-state index is 0.0265. The van der Waals surface area contributed by atoms with E-state index < -0.39 is 18.2 Å². The first-order chi connectivity index (χ1) is 13.7. The Morgan fingerprint density at radius 2 is 1.55 bits per heavy atom. The van der Waals surface area contributed by atoms with Crippen LogP contribution < -0.4 is 9.64 Å². The zero-order chi connectivity index (χ0) is 20.8. The molecule has 1 aliphatic heterocycles. The van der Waals surface area contributed by atoms with Gasteiger partial charge in [0.2, 0.25) is 0 Å². The number of aromatic nitrogens is 2. The minimum Gasteiger partial charge on any atom is -0.405 e. The van der Waals surface area contributed by atoms with E-state index in [2.05, 4.69) is 9.84 Å². The van der Waals surface area contributed by atoms with Crippen LogP contribution in [0.3, 0.4) is 0 Å². The zero-order valence-corrected chi connectivity index (χ0v) is 15.1. The van der Waals surface area contributed by atoms with Crippen LogP contribution in [-0.4, -0.2) is 28.0 Å². The fraction of sp³-hybridized carbons (Fsp3) is 0.150. The number of halogens is 3. The number of nitrogens with zero attached hydrogens (tertiary/aromatic N) is 3. The van der Waals surface area contributed by atoms with E-state index in [4.69, 9.17) is 0 Å². The van der Waals surface area contributed by atoms with E-state index in [1.807, 2.05) is 0 Å². The van der Waals surface area contributed by atoms with Crippen molar-refractivity contribution in [3.05, 3.63) is 77.0 Å². The first-order valence-corrected chi connectivity index (χ1v) is 8.60. The lowest BCUT2D eigenvalue weighted by Crippen LogP contribution is -2.29. The van der Waals surface area contributed by atoms with Crippen LogP contribution in [-0.2, 0) is 6.54 Å². The molecule has 0 unspecified atom stereocenters. The topological polar surface area (TPSA) is 64.4 Å². The summed E-state index contributed by atoms with van der Waals surface area (Å²) in [6, 6.07) is 13.7. The lowest BCUT2D eigenvalue weighted by atomic mass is 10.1. The molecule has 0 aliphatic carbocycles. The molecule has 1 aliphatic rings. The molecule has 0 atom stereocenters. The normalized spacial score (nSPS) is 13.7. The molecule has 0 radical (unpaired) electrons. The maximum Gasteiger partial charge on any atom is 0.573 e. The van der Waals surface area contributed by atoms with Crippen molar-refractivity contribution in [3.63, 3.8) is 0 Å². The molecule has 2 aromatic carbocycles. The van der Waals surface area contributed by atoms with Gasteiger partial charge in [-0.25, -0.2) is 4.90 Å². The monoisotopic (exact) mass is 401 g/mol. The van der Waals surface area contributed by atoms with E-state index >= 15 is 0 Å². The molecule has 2 amide bonds. The fourth-order valence-corrected chi connectivity index (χ4v) is 3.18. The summed E-state index contributed by atoms with van der Waals surface area (Å²) >= 11 is 0. The van der Waals surface area contributed by atoms with Crippen LogP contribution in [0.15, 0.2) is 54.6 Å². The highest BCUT2D eigenvalue weighted by atomic mass is 19.4. The van der Waals surface area contributed by atoms with Crippen molar-refractivity contribution in [2.75, 3.05) is 4.90 Å². The summed E-state index contributed by atoms with van der Waals surface area (Å²) in [7, 11) is 0. The lowest BCUT2D eigenvalue weighted by Gasteiger charge is -2.14. The fourth-order valence-electron chi connectivity index (χ4n) is 3.18. The molecule has 4 rings (SSSR count). The summed E-state index contributed by atoms with van der Waals surface area (Å²) in [5.74, 6) is -1.20. The molecule has 2 heterocycles. The Hall–Kier alpha value is -3.62. The maximum absolute atomic E-state index is 12.6. The summed E-state index contributed by atoms with van der Waals surface area (Å²) in [6.07, 6.45) is -4.82. The van der Waals surface area contributed by atoms with E-state index in [1.54, 1.807) is 37.3 Å². The second-order valence-corrected chi connectivity index (χ2v) is 6.45. The summed E-state index contributed by atoms with van der Waals surface area (Å²) in [4.78, 5) is 26.2. The van der Waals surface area contributed by atoms with Gasteiger partial charge in [-0.1, -0.05) is 30.3 Å². The molecule has 0 bridgehead atoms. The number of benzene rings is 2. The molecule has 0 fully saturated rings. The molecule has 9 heteroatoms. The molecule has 0 saturated carbocycles. The van der Waals surface area contributed by atoms with Crippen LogP contribution in [0.25, 0.3) is 0 Å². The first kappa shape index (κ1) is 18.7. The third-order valence-electron chi connectivity index (χ3n) is 4.51. The number of hydrogen-bond acceptors (Lipinski definition) is 4. The highest BCUT2D eigenvalue weighted by molar-refractivity contribution is 6.34. The van der Waals surface area contributed by atoms with Crippen LogP contribution in [0.5, 0.6) is 5.75 Å². The smallest absolute Gasteiger partial charge is 0.405 e. The Labute approximate surface area is 163 Å². The number of carbonyl (C=O) groups is 2. The van der Waals surface area contributed by atoms with Gasteiger partial charge in [-0.2, -0.15) is 5.10 Å². The van der Waals surface area contributed by atoms with Crippen LogP contribution in [0.1, 0.15) is 32.0 Å². The number of alkyl halides is 3. The number of imide groups is 1. The second-order valence-electron chi connectivity index (χ2n) is 6.45. The predicted molar refractivity (Wildman–Crippen MR) is 96.8 cm³/mol. The van der Waals surface area contributed by atoms with Crippen LogP contribution >= 0.6 is 0 Å². The second kappa shape index (κ2) is 6.77. The van der Waals surface area contributed by atoms with E-state index in [-0.39, 0.29) is 34.8 Å². The van der Waals surface area contributed by atoms with Crippen molar-refractivity contribution >= 4 is 17.6 Å². The van der Waals surface area contributed by atoms with Crippen molar-refractivity contribution in [2.45, 2.75) is 19.8 Å².